The van der Waals surface area contributed by atoms with Crippen molar-refractivity contribution in [1.29, 1.82) is 0 Å². The first kappa shape index (κ1) is 13.7. The lowest BCUT2D eigenvalue weighted by Crippen LogP contribution is -2.22. The summed E-state index contributed by atoms with van der Waals surface area (Å²) in [4.78, 5) is 1.88. The van der Waals surface area contributed by atoms with Crippen LogP contribution in [0, 0.1) is 0 Å². The molecule has 1 aliphatic rings. The Morgan fingerprint density at radius 1 is 1.20 bits per heavy atom. The SMILES string of the molecule is O[C@@H]1CN(Cc2nnc(-c3ccccc3Br)o2)C[C@@H]1O. The van der Waals surface area contributed by atoms with E-state index in [2.05, 4.69) is 26.1 Å². The van der Waals surface area contributed by atoms with Gasteiger partial charge in [0.05, 0.1) is 24.3 Å². The van der Waals surface area contributed by atoms with Crippen LogP contribution < -0.4 is 0 Å². The van der Waals surface area contributed by atoms with Crippen molar-refractivity contribution < 1.29 is 14.6 Å². The highest BCUT2D eigenvalue weighted by atomic mass is 79.9. The topological polar surface area (TPSA) is 82.6 Å². The van der Waals surface area contributed by atoms with Crippen LogP contribution in [-0.2, 0) is 6.54 Å². The molecule has 1 saturated heterocycles. The zero-order valence-electron chi connectivity index (χ0n) is 10.6. The molecule has 2 aromatic rings. The second-order valence-electron chi connectivity index (χ2n) is 4.81. The standard InChI is InChI=1S/C13H14BrN3O3/c14-9-4-2-1-3-8(9)13-16-15-12(20-13)7-17-5-10(18)11(19)6-17/h1-4,10-11,18-19H,5-7H2/t10-,11+. The number of aromatic nitrogens is 2. The third-order valence-electron chi connectivity index (χ3n) is 3.26. The zero-order chi connectivity index (χ0) is 14.1. The third kappa shape index (κ3) is 2.76. The fraction of sp³-hybridized carbons (Fsp3) is 0.385. The maximum atomic E-state index is 9.50. The molecule has 1 aliphatic heterocycles. The molecule has 0 saturated carbocycles. The first-order valence-electron chi connectivity index (χ1n) is 6.29. The Balaban J connectivity index is 1.73. The van der Waals surface area contributed by atoms with E-state index >= 15 is 0 Å². The van der Waals surface area contributed by atoms with Crippen LogP contribution in [0.15, 0.2) is 33.2 Å². The Morgan fingerprint density at radius 3 is 2.60 bits per heavy atom. The van der Waals surface area contributed by atoms with Crippen molar-refractivity contribution >= 4 is 15.9 Å². The number of benzene rings is 1. The molecule has 1 aromatic heterocycles. The average molecular weight is 340 g/mol. The highest BCUT2D eigenvalue weighted by Gasteiger charge is 2.30. The Morgan fingerprint density at radius 2 is 1.90 bits per heavy atom. The molecule has 0 unspecified atom stereocenters. The summed E-state index contributed by atoms with van der Waals surface area (Å²) in [5.41, 5.74) is 0.841. The Bertz CT molecular complexity index is 594. The van der Waals surface area contributed by atoms with E-state index < -0.39 is 12.2 Å². The van der Waals surface area contributed by atoms with E-state index in [1.54, 1.807) is 0 Å². The molecule has 2 atom stereocenters. The van der Waals surface area contributed by atoms with Gasteiger partial charge < -0.3 is 14.6 Å². The van der Waals surface area contributed by atoms with Crippen LogP contribution in [0.3, 0.4) is 0 Å². The molecule has 7 heteroatoms. The van der Waals surface area contributed by atoms with Gasteiger partial charge >= 0.3 is 0 Å². The second kappa shape index (κ2) is 5.61. The lowest BCUT2D eigenvalue weighted by molar-refractivity contribution is 0.0572. The fourth-order valence-corrected chi connectivity index (χ4v) is 2.68. The minimum absolute atomic E-state index is 0.411. The van der Waals surface area contributed by atoms with Crippen LogP contribution in [0.25, 0.3) is 11.5 Å². The lowest BCUT2D eigenvalue weighted by atomic mass is 10.2. The van der Waals surface area contributed by atoms with E-state index in [4.69, 9.17) is 4.42 Å². The third-order valence-corrected chi connectivity index (χ3v) is 3.96. The number of hydrogen-bond acceptors (Lipinski definition) is 6. The fourth-order valence-electron chi connectivity index (χ4n) is 2.23. The van der Waals surface area contributed by atoms with Gasteiger partial charge in [0.15, 0.2) is 0 Å². The van der Waals surface area contributed by atoms with Crippen molar-refractivity contribution in [3.63, 3.8) is 0 Å². The van der Waals surface area contributed by atoms with Gasteiger partial charge in [-0.05, 0) is 28.1 Å². The minimum atomic E-state index is -0.708. The molecule has 106 valence electrons. The summed E-state index contributed by atoms with van der Waals surface area (Å²) in [6.45, 7) is 1.24. The van der Waals surface area contributed by atoms with E-state index in [0.29, 0.717) is 31.4 Å². The second-order valence-corrected chi connectivity index (χ2v) is 5.66. The Labute approximate surface area is 124 Å². The summed E-state index contributed by atoms with van der Waals surface area (Å²) in [5, 5.41) is 27.0. The maximum Gasteiger partial charge on any atom is 0.248 e. The van der Waals surface area contributed by atoms with Crippen molar-refractivity contribution in [3.8, 4) is 11.5 Å². The van der Waals surface area contributed by atoms with E-state index in [9.17, 15) is 10.2 Å². The largest absolute Gasteiger partial charge is 0.419 e. The van der Waals surface area contributed by atoms with Crippen molar-refractivity contribution in [2.24, 2.45) is 0 Å². The molecule has 1 aromatic carbocycles. The predicted octanol–water partition coefficient (Wildman–Crippen LogP) is 1.04. The molecular formula is C13H14BrN3O3. The number of likely N-dealkylation sites (tertiary alicyclic amines) is 1. The monoisotopic (exact) mass is 339 g/mol. The number of hydrogen-bond donors (Lipinski definition) is 2. The van der Waals surface area contributed by atoms with E-state index in [1.807, 2.05) is 29.2 Å². The molecule has 0 radical (unpaired) electrons. The molecule has 20 heavy (non-hydrogen) atoms. The molecule has 2 N–H and O–H groups in total. The smallest absolute Gasteiger partial charge is 0.248 e. The summed E-state index contributed by atoms with van der Waals surface area (Å²) in [6.07, 6.45) is -1.42. The maximum absolute atomic E-state index is 9.50. The van der Waals surface area contributed by atoms with E-state index in [-0.39, 0.29) is 0 Å². The van der Waals surface area contributed by atoms with E-state index in [0.717, 1.165) is 10.0 Å². The predicted molar refractivity (Wildman–Crippen MR) is 74.7 cm³/mol. The lowest BCUT2D eigenvalue weighted by Gasteiger charge is -2.10. The Hall–Kier alpha value is -1.28. The van der Waals surface area contributed by atoms with Crippen molar-refractivity contribution in [2.75, 3.05) is 13.1 Å². The molecule has 3 rings (SSSR count). The number of aliphatic hydroxyl groups is 2. The molecule has 0 aliphatic carbocycles. The van der Waals surface area contributed by atoms with Gasteiger partial charge in [0.2, 0.25) is 11.8 Å². The first-order chi connectivity index (χ1) is 9.63. The quantitative estimate of drug-likeness (QED) is 0.869. The number of halogens is 1. The highest BCUT2D eigenvalue weighted by molar-refractivity contribution is 9.10. The van der Waals surface area contributed by atoms with Crippen LogP contribution in [0.2, 0.25) is 0 Å². The van der Waals surface area contributed by atoms with Crippen LogP contribution in [0.1, 0.15) is 5.89 Å². The summed E-state index contributed by atoms with van der Waals surface area (Å²) >= 11 is 3.44. The van der Waals surface area contributed by atoms with Gasteiger partial charge in [-0.3, -0.25) is 4.90 Å². The molecule has 2 heterocycles. The van der Waals surface area contributed by atoms with Gasteiger partial charge in [0.1, 0.15) is 0 Å². The first-order valence-corrected chi connectivity index (χ1v) is 7.08. The molecule has 0 amide bonds. The van der Waals surface area contributed by atoms with Gasteiger partial charge in [0.25, 0.3) is 0 Å². The normalized spacial score (nSPS) is 23.4. The van der Waals surface area contributed by atoms with Gasteiger partial charge in [-0.2, -0.15) is 0 Å². The number of aliphatic hydroxyl groups excluding tert-OH is 2. The van der Waals surface area contributed by atoms with E-state index in [1.165, 1.54) is 0 Å². The molecule has 0 bridgehead atoms. The molecule has 6 nitrogen and oxygen atoms in total. The van der Waals surface area contributed by atoms with Crippen molar-refractivity contribution in [1.82, 2.24) is 15.1 Å². The van der Waals surface area contributed by atoms with Crippen LogP contribution in [-0.4, -0.2) is 50.6 Å². The number of rotatable bonds is 3. The summed E-state index contributed by atoms with van der Waals surface area (Å²) in [7, 11) is 0. The highest BCUT2D eigenvalue weighted by Crippen LogP contribution is 2.27. The average Bonchev–Trinajstić information content (AvgIpc) is 2.98. The number of nitrogens with zero attached hydrogens (tertiary/aromatic N) is 3. The van der Waals surface area contributed by atoms with Crippen molar-refractivity contribution in [2.45, 2.75) is 18.8 Å². The Kier molecular flexibility index (Phi) is 3.84. The minimum Gasteiger partial charge on any atom is -0.419 e. The zero-order valence-corrected chi connectivity index (χ0v) is 12.2. The van der Waals surface area contributed by atoms with Crippen LogP contribution >= 0.6 is 15.9 Å². The van der Waals surface area contributed by atoms with Gasteiger partial charge in [0, 0.05) is 17.6 Å². The number of β-amino-alcohol motifs (C(OH)–C–C–N with tert-alkyl or cyclic N) is 2. The van der Waals surface area contributed by atoms with Crippen LogP contribution in [0.4, 0.5) is 0 Å². The summed E-state index contributed by atoms with van der Waals surface area (Å²) in [6, 6.07) is 7.62. The van der Waals surface area contributed by atoms with Gasteiger partial charge in [-0.25, -0.2) is 0 Å². The van der Waals surface area contributed by atoms with Crippen molar-refractivity contribution in [3.05, 3.63) is 34.6 Å². The summed E-state index contributed by atoms with van der Waals surface area (Å²) < 4.78 is 6.52. The van der Waals surface area contributed by atoms with Gasteiger partial charge in [-0.15, -0.1) is 10.2 Å². The van der Waals surface area contributed by atoms with Crippen LogP contribution in [0.5, 0.6) is 0 Å². The molecule has 1 fully saturated rings. The van der Waals surface area contributed by atoms with Gasteiger partial charge in [-0.1, -0.05) is 12.1 Å². The molecular weight excluding hydrogens is 326 g/mol. The molecule has 0 spiro atoms. The summed E-state index contributed by atoms with van der Waals surface area (Å²) in [5.74, 6) is 0.921.